The van der Waals surface area contributed by atoms with Gasteiger partial charge in [-0.2, -0.15) is 5.10 Å². The van der Waals surface area contributed by atoms with Gasteiger partial charge in [-0.15, -0.1) is 0 Å². The molecule has 0 bridgehead atoms. The summed E-state index contributed by atoms with van der Waals surface area (Å²) in [5.74, 6) is 0.0373. The van der Waals surface area contributed by atoms with Gasteiger partial charge in [0.25, 0.3) is 0 Å². The van der Waals surface area contributed by atoms with E-state index in [2.05, 4.69) is 5.10 Å². The SMILES string of the molecule is Cc1cccc(CC(=O)c2ccn(-c3ccccc3)n2)c1. The lowest BCUT2D eigenvalue weighted by Gasteiger charge is -2.01. The van der Waals surface area contributed by atoms with E-state index in [0.717, 1.165) is 16.8 Å². The lowest BCUT2D eigenvalue weighted by Crippen LogP contribution is -2.06. The molecule has 3 heteroatoms. The summed E-state index contributed by atoms with van der Waals surface area (Å²) in [6, 6.07) is 19.5. The second kappa shape index (κ2) is 5.75. The van der Waals surface area contributed by atoms with Gasteiger partial charge in [0.05, 0.1) is 5.69 Å². The molecule has 0 radical (unpaired) electrons. The number of rotatable bonds is 4. The van der Waals surface area contributed by atoms with E-state index in [-0.39, 0.29) is 5.78 Å². The largest absolute Gasteiger partial charge is 0.292 e. The van der Waals surface area contributed by atoms with Crippen molar-refractivity contribution in [2.24, 2.45) is 0 Å². The summed E-state index contributed by atoms with van der Waals surface area (Å²) in [5.41, 5.74) is 3.64. The Morgan fingerprint density at radius 2 is 1.86 bits per heavy atom. The standard InChI is InChI=1S/C18H16N2O/c1-14-6-5-7-15(12-14)13-18(21)17-10-11-20(19-17)16-8-3-2-4-9-16/h2-12H,13H2,1H3. The highest BCUT2D eigenvalue weighted by atomic mass is 16.1. The van der Waals surface area contributed by atoms with Crippen LogP contribution in [0.15, 0.2) is 66.9 Å². The molecule has 0 aliphatic heterocycles. The van der Waals surface area contributed by atoms with Crippen molar-refractivity contribution in [1.82, 2.24) is 9.78 Å². The summed E-state index contributed by atoms with van der Waals surface area (Å²) in [4.78, 5) is 12.3. The van der Waals surface area contributed by atoms with Crippen molar-refractivity contribution in [3.05, 3.63) is 83.7 Å². The van der Waals surface area contributed by atoms with Gasteiger partial charge in [-0.05, 0) is 30.7 Å². The first kappa shape index (κ1) is 13.3. The van der Waals surface area contributed by atoms with Gasteiger partial charge in [-0.25, -0.2) is 4.68 Å². The highest BCUT2D eigenvalue weighted by Gasteiger charge is 2.11. The maximum Gasteiger partial charge on any atom is 0.187 e. The fraction of sp³-hybridized carbons (Fsp3) is 0.111. The van der Waals surface area contributed by atoms with Crippen LogP contribution in [-0.4, -0.2) is 15.6 Å². The van der Waals surface area contributed by atoms with Gasteiger partial charge < -0.3 is 0 Å². The van der Waals surface area contributed by atoms with Crippen LogP contribution in [-0.2, 0) is 6.42 Å². The molecule has 0 fully saturated rings. The molecule has 3 nitrogen and oxygen atoms in total. The average Bonchev–Trinajstić information content (AvgIpc) is 2.98. The van der Waals surface area contributed by atoms with Crippen LogP contribution in [0.2, 0.25) is 0 Å². The van der Waals surface area contributed by atoms with Crippen LogP contribution >= 0.6 is 0 Å². The van der Waals surface area contributed by atoms with E-state index < -0.39 is 0 Å². The third kappa shape index (κ3) is 3.08. The Balaban J connectivity index is 1.78. The number of carbonyl (C=O) groups excluding carboxylic acids is 1. The molecule has 1 aromatic heterocycles. The van der Waals surface area contributed by atoms with Gasteiger partial charge in [-0.1, -0.05) is 48.0 Å². The molecule has 0 saturated carbocycles. The number of ketones is 1. The van der Waals surface area contributed by atoms with E-state index in [1.807, 2.05) is 67.7 Å². The number of carbonyl (C=O) groups is 1. The molecule has 0 aliphatic rings. The molecular weight excluding hydrogens is 260 g/mol. The van der Waals surface area contributed by atoms with Crippen LogP contribution in [0, 0.1) is 6.92 Å². The van der Waals surface area contributed by atoms with E-state index in [9.17, 15) is 4.79 Å². The predicted octanol–water partition coefficient (Wildman–Crippen LogP) is 3.61. The fourth-order valence-electron chi connectivity index (χ4n) is 2.30. The van der Waals surface area contributed by atoms with Gasteiger partial charge in [-0.3, -0.25) is 4.79 Å². The normalized spacial score (nSPS) is 10.5. The minimum Gasteiger partial charge on any atom is -0.292 e. The van der Waals surface area contributed by atoms with Crippen LogP contribution in [0.3, 0.4) is 0 Å². The van der Waals surface area contributed by atoms with Crippen LogP contribution in [0.4, 0.5) is 0 Å². The van der Waals surface area contributed by atoms with E-state index in [1.165, 1.54) is 0 Å². The van der Waals surface area contributed by atoms with Crippen LogP contribution in [0.1, 0.15) is 21.6 Å². The zero-order chi connectivity index (χ0) is 14.7. The predicted molar refractivity (Wildman–Crippen MR) is 82.8 cm³/mol. The zero-order valence-electron chi connectivity index (χ0n) is 11.9. The Morgan fingerprint density at radius 1 is 1.05 bits per heavy atom. The molecule has 0 N–H and O–H groups in total. The minimum absolute atomic E-state index is 0.0373. The molecule has 0 atom stereocenters. The second-order valence-electron chi connectivity index (χ2n) is 5.07. The molecular formula is C18H16N2O. The van der Waals surface area contributed by atoms with Crippen molar-refractivity contribution in [3.8, 4) is 5.69 Å². The highest BCUT2D eigenvalue weighted by Crippen LogP contribution is 2.11. The van der Waals surface area contributed by atoms with Gasteiger partial charge in [0, 0.05) is 12.6 Å². The van der Waals surface area contributed by atoms with Crippen molar-refractivity contribution < 1.29 is 4.79 Å². The van der Waals surface area contributed by atoms with Gasteiger partial charge in [0.1, 0.15) is 5.69 Å². The Kier molecular flexibility index (Phi) is 3.65. The average molecular weight is 276 g/mol. The van der Waals surface area contributed by atoms with E-state index in [4.69, 9.17) is 0 Å². The number of nitrogens with zero attached hydrogens (tertiary/aromatic N) is 2. The van der Waals surface area contributed by atoms with Crippen molar-refractivity contribution in [3.63, 3.8) is 0 Å². The summed E-state index contributed by atoms with van der Waals surface area (Å²) in [5, 5.41) is 4.37. The number of benzene rings is 2. The number of hydrogen-bond acceptors (Lipinski definition) is 2. The number of aromatic nitrogens is 2. The van der Waals surface area contributed by atoms with E-state index in [0.29, 0.717) is 12.1 Å². The molecule has 0 spiro atoms. The molecule has 2 aromatic carbocycles. The molecule has 0 unspecified atom stereocenters. The molecule has 3 rings (SSSR count). The maximum atomic E-state index is 12.3. The quantitative estimate of drug-likeness (QED) is 0.682. The first-order valence-electron chi connectivity index (χ1n) is 6.92. The highest BCUT2D eigenvalue weighted by molar-refractivity contribution is 5.95. The van der Waals surface area contributed by atoms with Crippen LogP contribution < -0.4 is 0 Å². The number of aryl methyl sites for hydroxylation is 1. The molecule has 21 heavy (non-hydrogen) atoms. The van der Waals surface area contributed by atoms with Gasteiger partial charge in [0.15, 0.2) is 5.78 Å². The fourth-order valence-corrected chi connectivity index (χ4v) is 2.30. The number of Topliss-reactive ketones (excluding diaryl/α,β-unsaturated/α-hetero) is 1. The number of hydrogen-bond donors (Lipinski definition) is 0. The zero-order valence-corrected chi connectivity index (χ0v) is 11.9. The van der Waals surface area contributed by atoms with Crippen molar-refractivity contribution >= 4 is 5.78 Å². The summed E-state index contributed by atoms with van der Waals surface area (Å²) in [7, 11) is 0. The third-order valence-corrected chi connectivity index (χ3v) is 3.34. The third-order valence-electron chi connectivity index (χ3n) is 3.34. The molecule has 0 aliphatic carbocycles. The number of para-hydroxylation sites is 1. The maximum absolute atomic E-state index is 12.3. The van der Waals surface area contributed by atoms with Crippen molar-refractivity contribution in [1.29, 1.82) is 0 Å². The van der Waals surface area contributed by atoms with E-state index in [1.54, 1.807) is 10.7 Å². The molecule has 3 aromatic rings. The summed E-state index contributed by atoms with van der Waals surface area (Å²) in [6.07, 6.45) is 2.20. The second-order valence-corrected chi connectivity index (χ2v) is 5.07. The first-order chi connectivity index (χ1) is 10.2. The molecule has 0 amide bonds. The first-order valence-corrected chi connectivity index (χ1v) is 6.92. The van der Waals surface area contributed by atoms with Crippen molar-refractivity contribution in [2.75, 3.05) is 0 Å². The van der Waals surface area contributed by atoms with Crippen LogP contribution in [0.25, 0.3) is 5.69 Å². The smallest absolute Gasteiger partial charge is 0.187 e. The summed E-state index contributed by atoms with van der Waals surface area (Å²) >= 11 is 0. The Bertz CT molecular complexity index is 760. The molecule has 1 heterocycles. The Morgan fingerprint density at radius 3 is 2.62 bits per heavy atom. The Labute approximate surface area is 123 Å². The minimum atomic E-state index is 0.0373. The van der Waals surface area contributed by atoms with E-state index >= 15 is 0 Å². The summed E-state index contributed by atoms with van der Waals surface area (Å²) < 4.78 is 1.73. The summed E-state index contributed by atoms with van der Waals surface area (Å²) in [6.45, 7) is 2.03. The van der Waals surface area contributed by atoms with Crippen molar-refractivity contribution in [2.45, 2.75) is 13.3 Å². The lowest BCUT2D eigenvalue weighted by atomic mass is 10.1. The van der Waals surface area contributed by atoms with Gasteiger partial charge in [0.2, 0.25) is 0 Å². The molecule has 104 valence electrons. The topological polar surface area (TPSA) is 34.9 Å². The molecule has 0 saturated heterocycles. The van der Waals surface area contributed by atoms with Gasteiger partial charge >= 0.3 is 0 Å². The van der Waals surface area contributed by atoms with Crippen LogP contribution in [0.5, 0.6) is 0 Å². The monoisotopic (exact) mass is 276 g/mol. The Hall–Kier alpha value is -2.68. The lowest BCUT2D eigenvalue weighted by molar-refractivity contribution is 0.0988.